The summed E-state index contributed by atoms with van der Waals surface area (Å²) in [6.45, 7) is 8.22. The number of aryl methyl sites for hydroxylation is 2. The Hall–Kier alpha value is -2.80. The van der Waals surface area contributed by atoms with Crippen LogP contribution in [0.4, 0.5) is 0 Å². The summed E-state index contributed by atoms with van der Waals surface area (Å²) in [7, 11) is 1.65. The minimum atomic E-state index is -0.356. The highest BCUT2D eigenvalue weighted by Crippen LogP contribution is 2.28. The fraction of sp³-hybridized carbons (Fsp3) is 0.350. The number of hydrogen-bond acceptors (Lipinski definition) is 3. The molecule has 1 aromatic carbocycles. The van der Waals surface area contributed by atoms with E-state index in [1.54, 1.807) is 7.05 Å². The molecule has 3 heterocycles. The fourth-order valence-corrected chi connectivity index (χ4v) is 3.92. The fourth-order valence-electron chi connectivity index (χ4n) is 3.70. The highest BCUT2D eigenvalue weighted by molar-refractivity contribution is 6.32. The van der Waals surface area contributed by atoms with Crippen molar-refractivity contribution in [3.05, 3.63) is 61.5 Å². The van der Waals surface area contributed by atoms with Gasteiger partial charge in [0.15, 0.2) is 11.2 Å². The molecule has 146 valence electrons. The first kappa shape index (κ1) is 18.6. The molecule has 4 aromatic rings. The molecule has 0 aliphatic rings. The maximum atomic E-state index is 13.2. The molecule has 7 nitrogen and oxygen atoms in total. The second kappa shape index (κ2) is 6.38. The molecule has 0 atom stereocenters. The molecular formula is C20H22ClN5O2. The van der Waals surface area contributed by atoms with E-state index in [0.29, 0.717) is 28.5 Å². The lowest BCUT2D eigenvalue weighted by atomic mass is 10.2. The van der Waals surface area contributed by atoms with Gasteiger partial charge in [0.2, 0.25) is 5.78 Å². The quantitative estimate of drug-likeness (QED) is 0.531. The molecule has 0 aliphatic heterocycles. The van der Waals surface area contributed by atoms with Crippen LogP contribution in [-0.4, -0.2) is 23.1 Å². The number of aromatic nitrogens is 5. The smallest absolute Gasteiger partial charge is 0.281 e. The van der Waals surface area contributed by atoms with E-state index >= 15 is 0 Å². The van der Waals surface area contributed by atoms with Crippen molar-refractivity contribution in [3.63, 3.8) is 0 Å². The number of hydrogen-bond donors (Lipinski definition) is 0. The Morgan fingerprint density at radius 2 is 1.79 bits per heavy atom. The molecule has 0 fully saturated rings. The molecular weight excluding hydrogens is 378 g/mol. The van der Waals surface area contributed by atoms with Gasteiger partial charge in [-0.15, -0.1) is 0 Å². The SMILES string of the molecule is Cc1c(C)n2c3c(=O)n(CC(C)C)c(=O)n(C)c3nc2n1-c1ccccc1Cl. The van der Waals surface area contributed by atoms with Crippen LogP contribution < -0.4 is 11.2 Å². The Balaban J connectivity index is 2.20. The zero-order valence-corrected chi connectivity index (χ0v) is 17.3. The normalized spacial score (nSPS) is 12.0. The third-order valence-corrected chi connectivity index (χ3v) is 5.48. The molecule has 0 spiro atoms. The Labute approximate surface area is 166 Å². The van der Waals surface area contributed by atoms with Crippen molar-refractivity contribution < 1.29 is 0 Å². The number of halogens is 1. The second-order valence-corrected chi connectivity index (χ2v) is 7.94. The predicted octanol–water partition coefficient (Wildman–Crippen LogP) is 3.06. The van der Waals surface area contributed by atoms with E-state index in [-0.39, 0.29) is 17.2 Å². The summed E-state index contributed by atoms with van der Waals surface area (Å²) in [6.07, 6.45) is 0. The second-order valence-electron chi connectivity index (χ2n) is 7.53. The van der Waals surface area contributed by atoms with Gasteiger partial charge in [0.1, 0.15) is 0 Å². The van der Waals surface area contributed by atoms with E-state index in [4.69, 9.17) is 11.6 Å². The molecule has 0 radical (unpaired) electrons. The van der Waals surface area contributed by atoms with Crippen molar-refractivity contribution in [2.45, 2.75) is 34.2 Å². The van der Waals surface area contributed by atoms with E-state index < -0.39 is 0 Å². The summed E-state index contributed by atoms with van der Waals surface area (Å²) in [5.41, 5.74) is 2.69. The Morgan fingerprint density at radius 1 is 1.11 bits per heavy atom. The summed E-state index contributed by atoms with van der Waals surface area (Å²) in [5, 5.41) is 0.585. The molecule has 8 heteroatoms. The van der Waals surface area contributed by atoms with Crippen LogP contribution in [0.5, 0.6) is 0 Å². The maximum Gasteiger partial charge on any atom is 0.332 e. The van der Waals surface area contributed by atoms with E-state index in [9.17, 15) is 9.59 Å². The van der Waals surface area contributed by atoms with Crippen molar-refractivity contribution in [1.82, 2.24) is 23.1 Å². The predicted molar refractivity (Wildman–Crippen MR) is 111 cm³/mol. The van der Waals surface area contributed by atoms with Crippen LogP contribution >= 0.6 is 11.6 Å². The number of para-hydroxylation sites is 1. The average molecular weight is 400 g/mol. The molecule has 4 rings (SSSR count). The van der Waals surface area contributed by atoms with Gasteiger partial charge in [0.05, 0.1) is 10.7 Å². The van der Waals surface area contributed by atoms with Crippen LogP contribution in [-0.2, 0) is 13.6 Å². The zero-order chi connectivity index (χ0) is 20.3. The highest BCUT2D eigenvalue weighted by Gasteiger charge is 2.23. The molecule has 0 saturated heterocycles. The summed E-state index contributed by atoms with van der Waals surface area (Å²) < 4.78 is 6.49. The summed E-state index contributed by atoms with van der Waals surface area (Å²) in [5.74, 6) is 0.731. The number of nitrogens with zero attached hydrogens (tertiary/aromatic N) is 5. The van der Waals surface area contributed by atoms with Crippen molar-refractivity contribution in [2.75, 3.05) is 0 Å². The zero-order valence-electron chi connectivity index (χ0n) is 16.5. The van der Waals surface area contributed by atoms with Gasteiger partial charge in [0.25, 0.3) is 5.56 Å². The van der Waals surface area contributed by atoms with E-state index in [0.717, 1.165) is 17.1 Å². The topological polar surface area (TPSA) is 66.2 Å². The van der Waals surface area contributed by atoms with Gasteiger partial charge < -0.3 is 0 Å². The van der Waals surface area contributed by atoms with Crippen LogP contribution in [0.1, 0.15) is 25.2 Å². The molecule has 0 N–H and O–H groups in total. The van der Waals surface area contributed by atoms with Crippen LogP contribution in [0.25, 0.3) is 22.6 Å². The minimum Gasteiger partial charge on any atom is -0.281 e. The number of benzene rings is 1. The molecule has 3 aromatic heterocycles. The summed E-state index contributed by atoms with van der Waals surface area (Å²) >= 11 is 6.43. The van der Waals surface area contributed by atoms with Crippen LogP contribution in [0.2, 0.25) is 5.02 Å². The van der Waals surface area contributed by atoms with Gasteiger partial charge in [-0.1, -0.05) is 37.6 Å². The third kappa shape index (κ3) is 2.46. The highest BCUT2D eigenvalue weighted by atomic mass is 35.5. The number of imidazole rings is 2. The van der Waals surface area contributed by atoms with E-state index in [1.807, 2.05) is 60.9 Å². The molecule has 0 bridgehead atoms. The largest absolute Gasteiger partial charge is 0.332 e. The van der Waals surface area contributed by atoms with E-state index in [2.05, 4.69) is 4.98 Å². The Kier molecular flexibility index (Phi) is 4.23. The van der Waals surface area contributed by atoms with E-state index in [1.165, 1.54) is 9.13 Å². The summed E-state index contributed by atoms with van der Waals surface area (Å²) in [4.78, 5) is 30.7. The Bertz CT molecular complexity index is 1350. The molecule has 0 saturated carbocycles. The van der Waals surface area contributed by atoms with Crippen molar-refractivity contribution in [1.29, 1.82) is 0 Å². The van der Waals surface area contributed by atoms with Gasteiger partial charge in [-0.25, -0.2) is 4.79 Å². The first-order valence-electron chi connectivity index (χ1n) is 9.18. The van der Waals surface area contributed by atoms with Crippen molar-refractivity contribution >= 4 is 28.5 Å². The standard InChI is InChI=1S/C20H22ClN5O2/c1-11(2)10-24-18(27)16-17(23(5)20(24)28)22-19-25(12(3)13(4)26(16)19)15-9-7-6-8-14(15)21/h6-9,11H,10H2,1-5H3. The summed E-state index contributed by atoms with van der Waals surface area (Å²) in [6, 6.07) is 7.49. The molecule has 0 aliphatic carbocycles. The average Bonchev–Trinajstić information content (AvgIpc) is 3.14. The van der Waals surface area contributed by atoms with Crippen LogP contribution in [0.15, 0.2) is 33.9 Å². The number of fused-ring (bicyclic) bond motifs is 3. The van der Waals surface area contributed by atoms with Crippen molar-refractivity contribution in [3.8, 4) is 5.69 Å². The monoisotopic (exact) mass is 399 g/mol. The number of rotatable bonds is 3. The van der Waals surface area contributed by atoms with Gasteiger partial charge in [-0.3, -0.25) is 22.9 Å². The maximum absolute atomic E-state index is 13.2. The van der Waals surface area contributed by atoms with Gasteiger partial charge in [-0.2, -0.15) is 4.98 Å². The first-order chi connectivity index (χ1) is 13.2. The molecule has 28 heavy (non-hydrogen) atoms. The lowest BCUT2D eigenvalue weighted by Crippen LogP contribution is -2.40. The molecule has 0 amide bonds. The van der Waals surface area contributed by atoms with Gasteiger partial charge >= 0.3 is 5.69 Å². The lowest BCUT2D eigenvalue weighted by molar-refractivity contribution is 0.484. The minimum absolute atomic E-state index is 0.168. The van der Waals surface area contributed by atoms with Gasteiger partial charge in [-0.05, 0) is 31.9 Å². The van der Waals surface area contributed by atoms with Crippen molar-refractivity contribution in [2.24, 2.45) is 13.0 Å². The third-order valence-electron chi connectivity index (χ3n) is 5.16. The van der Waals surface area contributed by atoms with Crippen LogP contribution in [0.3, 0.4) is 0 Å². The van der Waals surface area contributed by atoms with Gasteiger partial charge in [0, 0.05) is 25.0 Å². The molecule has 0 unspecified atom stereocenters. The first-order valence-corrected chi connectivity index (χ1v) is 9.56. The Morgan fingerprint density at radius 3 is 2.43 bits per heavy atom. The lowest BCUT2D eigenvalue weighted by Gasteiger charge is -2.10. The van der Waals surface area contributed by atoms with Crippen LogP contribution in [0, 0.1) is 19.8 Å².